The smallest absolute Gasteiger partial charge is 0.284 e. The van der Waals surface area contributed by atoms with Crippen LogP contribution in [0.2, 0.25) is 5.02 Å². The Labute approximate surface area is 184 Å². The highest BCUT2D eigenvalue weighted by Crippen LogP contribution is 2.21. The van der Waals surface area contributed by atoms with Crippen molar-refractivity contribution in [3.05, 3.63) is 81.1 Å². The number of benzene rings is 2. The number of hydrogen-bond donors (Lipinski definition) is 2. The number of carbonyl (C=O) groups excluding carboxylic acids is 1. The van der Waals surface area contributed by atoms with E-state index in [1.807, 2.05) is 6.07 Å². The zero-order valence-corrected chi connectivity index (χ0v) is 16.8. The van der Waals surface area contributed by atoms with E-state index in [0.29, 0.717) is 10.6 Å². The fourth-order valence-corrected chi connectivity index (χ4v) is 2.84. The Balaban J connectivity index is 2.14. The van der Waals surface area contributed by atoms with Gasteiger partial charge in [-0.2, -0.15) is 15.0 Å². The lowest BCUT2D eigenvalue weighted by Gasteiger charge is -2.17. The third-order valence-corrected chi connectivity index (χ3v) is 4.59. The molecule has 1 heterocycles. The van der Waals surface area contributed by atoms with Gasteiger partial charge in [0.15, 0.2) is 6.10 Å². The molecule has 11 heteroatoms. The summed E-state index contributed by atoms with van der Waals surface area (Å²) in [5.74, 6) is -1.33. The lowest BCUT2D eigenvalue weighted by atomic mass is 10.1. The molecule has 0 saturated carbocycles. The maximum Gasteiger partial charge on any atom is 0.284 e. The molecule has 7 nitrogen and oxygen atoms in total. The molecule has 2 unspecified atom stereocenters. The standard InChI is InChI=1S/C21H14ClF3N4O3/c22-13-6-4-12(5-7-13)16-9-15(20(31)27-19(25)17(30)18(23)24)21(32)29(28-16)14-3-1-2-11(8-14)10-26/h1-9,17-19,30H,(H,27,31). The molecule has 3 rings (SSSR count). The zero-order valence-electron chi connectivity index (χ0n) is 16.0. The molecule has 0 spiro atoms. The Morgan fingerprint density at radius 3 is 2.47 bits per heavy atom. The number of alkyl halides is 3. The predicted octanol–water partition coefficient (Wildman–Crippen LogP) is 3.08. The molecule has 2 atom stereocenters. The van der Waals surface area contributed by atoms with Crippen LogP contribution >= 0.6 is 11.6 Å². The largest absolute Gasteiger partial charge is 0.382 e. The summed E-state index contributed by atoms with van der Waals surface area (Å²) in [4.78, 5) is 25.5. The zero-order chi connectivity index (χ0) is 23.4. The van der Waals surface area contributed by atoms with E-state index in [4.69, 9.17) is 22.0 Å². The summed E-state index contributed by atoms with van der Waals surface area (Å²) in [6, 6.07) is 15.0. The van der Waals surface area contributed by atoms with Crippen molar-refractivity contribution >= 4 is 17.5 Å². The number of aliphatic hydroxyl groups is 1. The Bertz CT molecular complexity index is 1240. The fourth-order valence-electron chi connectivity index (χ4n) is 2.72. The molecule has 1 amide bonds. The van der Waals surface area contributed by atoms with Gasteiger partial charge in [-0.1, -0.05) is 29.8 Å². The van der Waals surface area contributed by atoms with Crippen molar-refractivity contribution in [1.82, 2.24) is 15.1 Å². The van der Waals surface area contributed by atoms with Crippen LogP contribution in [0.5, 0.6) is 0 Å². The number of carbonyl (C=O) groups is 1. The van der Waals surface area contributed by atoms with Gasteiger partial charge in [-0.25, -0.2) is 13.2 Å². The first-order chi connectivity index (χ1) is 15.2. The maximum absolute atomic E-state index is 13.9. The third kappa shape index (κ3) is 4.96. The highest BCUT2D eigenvalue weighted by molar-refractivity contribution is 6.30. The fraction of sp³-hybridized carbons (Fsp3) is 0.143. The van der Waals surface area contributed by atoms with Gasteiger partial charge >= 0.3 is 0 Å². The predicted molar refractivity (Wildman–Crippen MR) is 109 cm³/mol. The molecule has 2 aromatic carbocycles. The lowest BCUT2D eigenvalue weighted by molar-refractivity contribution is -0.0551. The number of aliphatic hydroxyl groups excluding tert-OH is 1. The average Bonchev–Trinajstić information content (AvgIpc) is 2.79. The number of nitrogens with one attached hydrogen (secondary N) is 1. The van der Waals surface area contributed by atoms with Crippen molar-refractivity contribution < 1.29 is 23.1 Å². The summed E-state index contributed by atoms with van der Waals surface area (Å²) in [6.07, 6.45) is -9.03. The highest BCUT2D eigenvalue weighted by atomic mass is 35.5. The minimum atomic E-state index is -3.45. The molecule has 164 valence electrons. The third-order valence-electron chi connectivity index (χ3n) is 4.34. The van der Waals surface area contributed by atoms with Crippen LogP contribution in [-0.2, 0) is 0 Å². The first-order valence-electron chi connectivity index (χ1n) is 9.03. The molecular weight excluding hydrogens is 449 g/mol. The van der Waals surface area contributed by atoms with Gasteiger partial charge < -0.3 is 10.4 Å². The molecule has 1 aromatic heterocycles. The number of halogens is 4. The average molecular weight is 463 g/mol. The summed E-state index contributed by atoms with van der Waals surface area (Å²) in [5.41, 5.74) is -0.701. The molecule has 0 saturated heterocycles. The van der Waals surface area contributed by atoms with Crippen molar-refractivity contribution in [3.63, 3.8) is 0 Å². The first-order valence-corrected chi connectivity index (χ1v) is 9.41. The second-order valence-corrected chi connectivity index (χ2v) is 6.97. The van der Waals surface area contributed by atoms with Crippen LogP contribution in [-0.4, -0.2) is 39.6 Å². The maximum atomic E-state index is 13.9. The number of rotatable bonds is 6. The van der Waals surface area contributed by atoms with Crippen molar-refractivity contribution in [1.29, 1.82) is 5.26 Å². The second kappa shape index (κ2) is 9.64. The monoisotopic (exact) mass is 462 g/mol. The first kappa shape index (κ1) is 23.0. The lowest BCUT2D eigenvalue weighted by Crippen LogP contribution is -2.45. The number of hydrogen-bond acceptors (Lipinski definition) is 5. The van der Waals surface area contributed by atoms with Crippen molar-refractivity contribution in [2.75, 3.05) is 0 Å². The summed E-state index contributed by atoms with van der Waals surface area (Å²) < 4.78 is 39.8. The summed E-state index contributed by atoms with van der Waals surface area (Å²) in [5, 5.41) is 24.4. The van der Waals surface area contributed by atoms with E-state index in [1.165, 1.54) is 24.3 Å². The molecule has 0 fully saturated rings. The topological polar surface area (TPSA) is 108 Å². The highest BCUT2D eigenvalue weighted by Gasteiger charge is 2.30. The van der Waals surface area contributed by atoms with Crippen LogP contribution in [0.3, 0.4) is 0 Å². The van der Waals surface area contributed by atoms with Gasteiger partial charge in [0.25, 0.3) is 17.9 Å². The van der Waals surface area contributed by atoms with Crippen LogP contribution in [0.1, 0.15) is 15.9 Å². The Morgan fingerprint density at radius 2 is 1.84 bits per heavy atom. The molecule has 0 aliphatic heterocycles. The number of aromatic nitrogens is 2. The van der Waals surface area contributed by atoms with Crippen LogP contribution in [0.4, 0.5) is 13.2 Å². The van der Waals surface area contributed by atoms with E-state index in [-0.39, 0.29) is 16.9 Å². The number of nitriles is 1. The van der Waals surface area contributed by atoms with Crippen LogP contribution in [0.25, 0.3) is 16.9 Å². The molecule has 0 bridgehead atoms. The van der Waals surface area contributed by atoms with E-state index >= 15 is 0 Å². The molecule has 3 aromatic rings. The molecular formula is C21H14ClF3N4O3. The van der Waals surface area contributed by atoms with Gasteiger partial charge in [0.05, 0.1) is 23.0 Å². The van der Waals surface area contributed by atoms with Gasteiger partial charge in [-0.3, -0.25) is 9.59 Å². The SMILES string of the molecule is N#Cc1cccc(-n2nc(-c3ccc(Cl)cc3)cc(C(=O)NC(F)C(O)C(F)F)c2=O)c1. The van der Waals surface area contributed by atoms with E-state index < -0.39 is 35.9 Å². The quantitative estimate of drug-likeness (QED) is 0.547. The Morgan fingerprint density at radius 1 is 1.16 bits per heavy atom. The van der Waals surface area contributed by atoms with Crippen LogP contribution in [0, 0.1) is 11.3 Å². The van der Waals surface area contributed by atoms with Gasteiger partial charge in [-0.15, -0.1) is 0 Å². The van der Waals surface area contributed by atoms with Gasteiger partial charge in [0, 0.05) is 10.6 Å². The van der Waals surface area contributed by atoms with Crippen molar-refractivity contribution in [2.24, 2.45) is 0 Å². The molecule has 0 radical (unpaired) electrons. The molecule has 32 heavy (non-hydrogen) atoms. The van der Waals surface area contributed by atoms with Crippen LogP contribution in [0.15, 0.2) is 59.4 Å². The Hall–Kier alpha value is -3.68. The second-order valence-electron chi connectivity index (χ2n) is 6.53. The van der Waals surface area contributed by atoms with Gasteiger partial charge in [0.2, 0.25) is 6.30 Å². The van der Waals surface area contributed by atoms with E-state index in [2.05, 4.69) is 5.10 Å². The molecule has 0 aliphatic carbocycles. The van der Waals surface area contributed by atoms with Gasteiger partial charge in [-0.05, 0) is 36.4 Å². The van der Waals surface area contributed by atoms with Crippen LogP contribution < -0.4 is 10.9 Å². The minimum absolute atomic E-state index is 0.110. The van der Waals surface area contributed by atoms with E-state index in [1.54, 1.807) is 29.6 Å². The minimum Gasteiger partial charge on any atom is -0.382 e. The molecule has 0 aliphatic rings. The van der Waals surface area contributed by atoms with Gasteiger partial charge in [0.1, 0.15) is 5.56 Å². The Kier molecular flexibility index (Phi) is 6.92. The molecule has 2 N–H and O–H groups in total. The summed E-state index contributed by atoms with van der Waals surface area (Å²) >= 11 is 5.88. The normalized spacial score (nSPS) is 12.8. The number of amides is 1. The van der Waals surface area contributed by atoms with Crippen molar-refractivity contribution in [2.45, 2.75) is 18.8 Å². The van der Waals surface area contributed by atoms with E-state index in [9.17, 15) is 22.8 Å². The van der Waals surface area contributed by atoms with Crippen molar-refractivity contribution in [3.8, 4) is 23.0 Å². The number of nitrogens with zero attached hydrogens (tertiary/aromatic N) is 3. The summed E-state index contributed by atoms with van der Waals surface area (Å²) in [6.45, 7) is 0. The van der Waals surface area contributed by atoms with E-state index in [0.717, 1.165) is 10.7 Å². The summed E-state index contributed by atoms with van der Waals surface area (Å²) in [7, 11) is 0.